The first-order chi connectivity index (χ1) is 6.70. The summed E-state index contributed by atoms with van der Waals surface area (Å²) in [6.07, 6.45) is 0.884. The molecule has 0 fully saturated rings. The molecule has 2 rings (SSSR count). The van der Waals surface area contributed by atoms with Crippen molar-refractivity contribution in [1.82, 2.24) is 0 Å². The third-order valence-corrected chi connectivity index (χ3v) is 2.52. The van der Waals surface area contributed by atoms with Crippen molar-refractivity contribution in [3.05, 3.63) is 29.3 Å². The van der Waals surface area contributed by atoms with Crippen molar-refractivity contribution in [3.63, 3.8) is 0 Å². The molecular formula is C10H13N3O. The molecule has 14 heavy (non-hydrogen) atoms. The Morgan fingerprint density at radius 3 is 3.00 bits per heavy atom. The molecule has 0 saturated heterocycles. The third-order valence-electron chi connectivity index (χ3n) is 2.52. The van der Waals surface area contributed by atoms with Crippen LogP contribution < -0.4 is 16.8 Å². The summed E-state index contributed by atoms with van der Waals surface area (Å²) in [5, 5.41) is 3.16. The van der Waals surface area contributed by atoms with Crippen molar-refractivity contribution in [2.24, 2.45) is 11.5 Å². The highest BCUT2D eigenvalue weighted by molar-refractivity contribution is 5.99. The Hall–Kier alpha value is -1.55. The number of carbonyl (C=O) groups excluding carboxylic acids is 1. The molecular weight excluding hydrogens is 178 g/mol. The Labute approximate surface area is 82.3 Å². The van der Waals surface area contributed by atoms with Crippen LogP contribution in [0.25, 0.3) is 0 Å². The predicted molar refractivity (Wildman–Crippen MR) is 55.0 cm³/mol. The monoisotopic (exact) mass is 191 g/mol. The number of fused-ring (bicyclic) bond motifs is 1. The molecule has 4 nitrogen and oxygen atoms in total. The summed E-state index contributed by atoms with van der Waals surface area (Å²) in [6.45, 7) is 0.790. The average molecular weight is 191 g/mol. The molecule has 0 radical (unpaired) electrons. The summed E-state index contributed by atoms with van der Waals surface area (Å²) in [5.41, 5.74) is 13.5. The summed E-state index contributed by atoms with van der Waals surface area (Å²) in [7, 11) is 0. The number of benzene rings is 1. The van der Waals surface area contributed by atoms with Crippen LogP contribution in [0.3, 0.4) is 0 Å². The van der Waals surface area contributed by atoms with Gasteiger partial charge in [0.1, 0.15) is 0 Å². The molecule has 0 bridgehead atoms. The predicted octanol–water partition coefficient (Wildman–Crippen LogP) is 0.601. The maximum Gasteiger partial charge on any atom is 0.250 e. The van der Waals surface area contributed by atoms with Gasteiger partial charge in [-0.25, -0.2) is 0 Å². The lowest BCUT2D eigenvalue weighted by molar-refractivity contribution is 0.100. The second-order valence-corrected chi connectivity index (χ2v) is 3.46. The van der Waals surface area contributed by atoms with E-state index >= 15 is 0 Å². The van der Waals surface area contributed by atoms with E-state index in [1.807, 2.05) is 12.1 Å². The fourth-order valence-electron chi connectivity index (χ4n) is 1.79. The molecule has 1 aromatic carbocycles. The van der Waals surface area contributed by atoms with Gasteiger partial charge in [0, 0.05) is 12.6 Å². The number of hydrogen-bond donors (Lipinski definition) is 3. The number of rotatable bonds is 1. The Morgan fingerprint density at radius 2 is 2.29 bits per heavy atom. The van der Waals surface area contributed by atoms with Crippen molar-refractivity contribution in [2.45, 2.75) is 12.5 Å². The van der Waals surface area contributed by atoms with Crippen molar-refractivity contribution in [2.75, 3.05) is 11.9 Å². The summed E-state index contributed by atoms with van der Waals surface area (Å²) in [6, 6.07) is 5.46. The van der Waals surface area contributed by atoms with Crippen LogP contribution in [0.15, 0.2) is 18.2 Å². The van der Waals surface area contributed by atoms with E-state index in [0.717, 1.165) is 24.2 Å². The van der Waals surface area contributed by atoms with E-state index in [-0.39, 0.29) is 6.04 Å². The smallest absolute Gasteiger partial charge is 0.250 e. The Balaban J connectivity index is 2.55. The number of amides is 1. The fourth-order valence-corrected chi connectivity index (χ4v) is 1.79. The van der Waals surface area contributed by atoms with Crippen molar-refractivity contribution in [1.29, 1.82) is 0 Å². The van der Waals surface area contributed by atoms with Crippen LogP contribution in [0, 0.1) is 0 Å². The van der Waals surface area contributed by atoms with Gasteiger partial charge in [-0.15, -0.1) is 0 Å². The van der Waals surface area contributed by atoms with Crippen molar-refractivity contribution >= 4 is 11.6 Å². The van der Waals surface area contributed by atoms with Crippen LogP contribution in [-0.4, -0.2) is 12.5 Å². The summed E-state index contributed by atoms with van der Waals surface area (Å²) >= 11 is 0. The molecule has 1 aliphatic heterocycles. The van der Waals surface area contributed by atoms with Gasteiger partial charge in [0.25, 0.3) is 5.91 Å². The number of primary amides is 1. The highest BCUT2D eigenvalue weighted by Crippen LogP contribution is 2.30. The lowest BCUT2D eigenvalue weighted by Crippen LogP contribution is -2.25. The number of nitrogens with one attached hydrogen (secondary N) is 1. The Kier molecular flexibility index (Phi) is 2.13. The molecule has 0 aliphatic carbocycles. The highest BCUT2D eigenvalue weighted by Gasteiger charge is 2.20. The molecule has 1 aromatic rings. The van der Waals surface area contributed by atoms with Crippen LogP contribution in [0.1, 0.15) is 28.4 Å². The molecule has 1 amide bonds. The van der Waals surface area contributed by atoms with Gasteiger partial charge in [-0.3, -0.25) is 4.79 Å². The zero-order valence-electron chi connectivity index (χ0n) is 7.79. The number of nitrogens with two attached hydrogens (primary N) is 2. The van der Waals surface area contributed by atoms with Crippen molar-refractivity contribution < 1.29 is 4.79 Å². The van der Waals surface area contributed by atoms with Gasteiger partial charge in [0.15, 0.2) is 0 Å². The van der Waals surface area contributed by atoms with E-state index in [1.165, 1.54) is 0 Å². The van der Waals surface area contributed by atoms with E-state index < -0.39 is 5.91 Å². The van der Waals surface area contributed by atoms with E-state index in [1.54, 1.807) is 6.07 Å². The number of anilines is 1. The number of carbonyl (C=O) groups is 1. The van der Waals surface area contributed by atoms with Gasteiger partial charge in [-0.2, -0.15) is 0 Å². The Morgan fingerprint density at radius 1 is 1.50 bits per heavy atom. The molecule has 1 atom stereocenters. The SMILES string of the molecule is NC(=O)c1cccc2c1NCCC2N. The fraction of sp³-hybridized carbons (Fsp3) is 0.300. The lowest BCUT2D eigenvalue weighted by atomic mass is 9.95. The molecule has 0 spiro atoms. The topological polar surface area (TPSA) is 81.1 Å². The van der Waals surface area contributed by atoms with Gasteiger partial charge in [-0.1, -0.05) is 12.1 Å². The number of para-hydroxylation sites is 1. The minimum atomic E-state index is -0.413. The third kappa shape index (κ3) is 1.33. The highest BCUT2D eigenvalue weighted by atomic mass is 16.1. The van der Waals surface area contributed by atoms with E-state index in [9.17, 15) is 4.79 Å². The van der Waals surface area contributed by atoms with Crippen LogP contribution >= 0.6 is 0 Å². The molecule has 5 N–H and O–H groups in total. The molecule has 1 heterocycles. The van der Waals surface area contributed by atoms with Gasteiger partial charge in [0.2, 0.25) is 0 Å². The van der Waals surface area contributed by atoms with Gasteiger partial charge < -0.3 is 16.8 Å². The standard InChI is InChI=1S/C10H13N3O/c11-8-4-5-13-9-6(8)2-1-3-7(9)10(12)14/h1-3,8,13H,4-5,11H2,(H2,12,14). The summed E-state index contributed by atoms with van der Waals surface area (Å²) < 4.78 is 0. The van der Waals surface area contributed by atoms with Crippen LogP contribution in [0.5, 0.6) is 0 Å². The van der Waals surface area contributed by atoms with Crippen LogP contribution in [-0.2, 0) is 0 Å². The maximum atomic E-state index is 11.1. The van der Waals surface area contributed by atoms with Gasteiger partial charge in [0.05, 0.1) is 11.3 Å². The maximum absolute atomic E-state index is 11.1. The first-order valence-electron chi connectivity index (χ1n) is 4.62. The molecule has 0 saturated carbocycles. The van der Waals surface area contributed by atoms with Crippen LogP contribution in [0.2, 0.25) is 0 Å². The largest absolute Gasteiger partial charge is 0.384 e. The Bertz CT molecular complexity index is 376. The molecule has 74 valence electrons. The molecule has 0 aromatic heterocycles. The zero-order chi connectivity index (χ0) is 10.1. The van der Waals surface area contributed by atoms with E-state index in [4.69, 9.17) is 11.5 Å². The van der Waals surface area contributed by atoms with Gasteiger partial charge >= 0.3 is 0 Å². The molecule has 4 heteroatoms. The molecule has 1 unspecified atom stereocenters. The van der Waals surface area contributed by atoms with E-state index in [0.29, 0.717) is 5.56 Å². The number of hydrogen-bond acceptors (Lipinski definition) is 3. The zero-order valence-corrected chi connectivity index (χ0v) is 7.79. The summed E-state index contributed by atoms with van der Waals surface area (Å²) in [4.78, 5) is 11.1. The minimum absolute atomic E-state index is 0.00514. The van der Waals surface area contributed by atoms with Crippen molar-refractivity contribution in [3.8, 4) is 0 Å². The second-order valence-electron chi connectivity index (χ2n) is 3.46. The molecule has 1 aliphatic rings. The first kappa shape index (κ1) is 9.02. The first-order valence-corrected chi connectivity index (χ1v) is 4.62. The normalized spacial score (nSPS) is 19.6. The quantitative estimate of drug-likeness (QED) is 0.608. The second kappa shape index (κ2) is 3.31. The van der Waals surface area contributed by atoms with E-state index in [2.05, 4.69) is 5.32 Å². The van der Waals surface area contributed by atoms with Gasteiger partial charge in [-0.05, 0) is 18.1 Å². The summed E-state index contributed by atoms with van der Waals surface area (Å²) in [5.74, 6) is -0.413. The lowest BCUT2D eigenvalue weighted by Gasteiger charge is -2.25. The average Bonchev–Trinajstić information content (AvgIpc) is 2.17. The minimum Gasteiger partial charge on any atom is -0.384 e. The van der Waals surface area contributed by atoms with Crippen LogP contribution in [0.4, 0.5) is 5.69 Å².